The molecule has 1 unspecified atom stereocenters. The number of rotatable bonds is 8. The highest BCUT2D eigenvalue weighted by atomic mass is 32.2. The number of hydrogen-bond acceptors (Lipinski definition) is 5. The van der Waals surface area contributed by atoms with Crippen LogP contribution in [0.2, 0.25) is 0 Å². The van der Waals surface area contributed by atoms with Gasteiger partial charge in [0.05, 0.1) is 18.0 Å². The smallest absolute Gasteiger partial charge is 0.251 e. The van der Waals surface area contributed by atoms with Crippen molar-refractivity contribution < 1.29 is 22.7 Å². The molecule has 0 saturated carbocycles. The second-order valence-corrected chi connectivity index (χ2v) is 8.33. The molecule has 1 amide bonds. The second kappa shape index (κ2) is 8.88. The molecule has 0 aliphatic rings. The predicted molar refractivity (Wildman–Crippen MR) is 103 cm³/mol. The highest BCUT2D eigenvalue weighted by molar-refractivity contribution is 7.89. The van der Waals surface area contributed by atoms with Crippen LogP contribution in [-0.4, -0.2) is 52.5 Å². The Balaban J connectivity index is 1.97. The lowest BCUT2D eigenvalue weighted by Crippen LogP contribution is -2.36. The van der Waals surface area contributed by atoms with E-state index >= 15 is 0 Å². The number of benzene rings is 2. The van der Waals surface area contributed by atoms with E-state index in [1.54, 1.807) is 43.5 Å². The monoisotopic (exact) mass is 392 g/mol. The lowest BCUT2D eigenvalue weighted by atomic mass is 10.2. The molecule has 1 N–H and O–H groups in total. The number of amides is 1. The van der Waals surface area contributed by atoms with Gasteiger partial charge in [-0.2, -0.15) is 0 Å². The number of carbonyl (C=O) groups excluding carboxylic acids is 1. The lowest BCUT2D eigenvalue weighted by Gasteiger charge is -2.16. The molecular weight excluding hydrogens is 368 g/mol. The minimum atomic E-state index is -3.60. The van der Waals surface area contributed by atoms with Gasteiger partial charge in [-0.15, -0.1) is 0 Å². The number of nitrogens with one attached hydrogen (secondary N) is 1. The van der Waals surface area contributed by atoms with Crippen molar-refractivity contribution in [2.75, 3.05) is 27.8 Å². The first-order valence-corrected chi connectivity index (χ1v) is 9.78. The summed E-state index contributed by atoms with van der Waals surface area (Å²) in [5.41, 5.74) is 0.272. The van der Waals surface area contributed by atoms with Gasteiger partial charge in [0.15, 0.2) is 0 Å². The molecule has 0 aliphatic carbocycles. The molecular formula is C19H24N2O5S. The van der Waals surface area contributed by atoms with Crippen molar-refractivity contribution in [3.05, 3.63) is 54.1 Å². The zero-order chi connectivity index (χ0) is 20.0. The van der Waals surface area contributed by atoms with Crippen LogP contribution < -0.4 is 14.8 Å². The number of hydrogen-bond donors (Lipinski definition) is 1. The summed E-state index contributed by atoms with van der Waals surface area (Å²) in [6, 6.07) is 12.8. The predicted octanol–water partition coefficient (Wildman–Crippen LogP) is 2.14. The third kappa shape index (κ3) is 5.45. The molecule has 0 radical (unpaired) electrons. The first-order chi connectivity index (χ1) is 12.7. The van der Waals surface area contributed by atoms with Crippen LogP contribution in [0, 0.1) is 0 Å². The molecule has 7 nitrogen and oxygen atoms in total. The van der Waals surface area contributed by atoms with E-state index in [0.717, 1.165) is 10.1 Å². The molecule has 2 aromatic rings. The molecule has 0 aliphatic heterocycles. The van der Waals surface area contributed by atoms with Gasteiger partial charge in [-0.25, -0.2) is 12.7 Å². The molecule has 0 aromatic heterocycles. The van der Waals surface area contributed by atoms with Crippen LogP contribution in [-0.2, 0) is 10.0 Å². The van der Waals surface area contributed by atoms with Gasteiger partial charge in [-0.05, 0) is 49.4 Å². The van der Waals surface area contributed by atoms with Crippen LogP contribution in [0.3, 0.4) is 0 Å². The highest BCUT2D eigenvalue weighted by Gasteiger charge is 2.19. The minimum absolute atomic E-state index is 0.0716. The number of methoxy groups -OCH3 is 1. The third-order valence-corrected chi connectivity index (χ3v) is 5.62. The maximum atomic E-state index is 12.4. The summed E-state index contributed by atoms with van der Waals surface area (Å²) in [6.45, 7) is 2.08. The van der Waals surface area contributed by atoms with E-state index in [0.29, 0.717) is 5.75 Å². The van der Waals surface area contributed by atoms with E-state index in [1.807, 2.05) is 6.92 Å². The maximum absolute atomic E-state index is 12.4. The van der Waals surface area contributed by atoms with Crippen molar-refractivity contribution >= 4 is 15.9 Å². The molecule has 0 fully saturated rings. The molecule has 2 aromatic carbocycles. The topological polar surface area (TPSA) is 84.9 Å². The number of carbonyl (C=O) groups is 1. The van der Waals surface area contributed by atoms with Gasteiger partial charge in [0, 0.05) is 19.7 Å². The Kier molecular flexibility index (Phi) is 6.81. The van der Waals surface area contributed by atoms with E-state index < -0.39 is 10.0 Å². The largest absolute Gasteiger partial charge is 0.497 e. The fraction of sp³-hybridized carbons (Fsp3) is 0.316. The van der Waals surface area contributed by atoms with Crippen molar-refractivity contribution in [3.63, 3.8) is 0 Å². The molecule has 146 valence electrons. The fourth-order valence-corrected chi connectivity index (χ4v) is 3.20. The first-order valence-electron chi connectivity index (χ1n) is 8.34. The van der Waals surface area contributed by atoms with Crippen molar-refractivity contribution in [2.45, 2.75) is 17.9 Å². The van der Waals surface area contributed by atoms with Gasteiger partial charge in [0.25, 0.3) is 5.91 Å². The van der Waals surface area contributed by atoms with Gasteiger partial charge in [-0.3, -0.25) is 4.79 Å². The van der Waals surface area contributed by atoms with Gasteiger partial charge in [0.1, 0.15) is 18.1 Å². The zero-order valence-electron chi connectivity index (χ0n) is 15.8. The van der Waals surface area contributed by atoms with Crippen LogP contribution in [0.15, 0.2) is 53.4 Å². The third-order valence-electron chi connectivity index (χ3n) is 3.81. The summed E-state index contributed by atoms with van der Waals surface area (Å²) in [6.07, 6.45) is 0. The summed E-state index contributed by atoms with van der Waals surface area (Å²) in [5.74, 6) is 1.03. The van der Waals surface area contributed by atoms with E-state index in [-0.39, 0.29) is 29.0 Å². The highest BCUT2D eigenvalue weighted by Crippen LogP contribution is 2.17. The molecule has 2 rings (SSSR count). The zero-order valence-corrected chi connectivity index (χ0v) is 16.6. The lowest BCUT2D eigenvalue weighted by molar-refractivity contribution is 0.0926. The van der Waals surface area contributed by atoms with Crippen LogP contribution in [0.25, 0.3) is 0 Å². The summed E-state index contributed by atoms with van der Waals surface area (Å²) in [4.78, 5) is 12.5. The van der Waals surface area contributed by atoms with Gasteiger partial charge >= 0.3 is 0 Å². The Morgan fingerprint density at radius 3 is 2.33 bits per heavy atom. The van der Waals surface area contributed by atoms with Gasteiger partial charge in [-0.1, -0.05) is 6.07 Å². The molecule has 0 saturated heterocycles. The Hall–Kier alpha value is -2.58. The summed E-state index contributed by atoms with van der Waals surface area (Å²) in [5, 5.41) is 2.80. The van der Waals surface area contributed by atoms with Gasteiger partial charge in [0.2, 0.25) is 10.0 Å². The van der Waals surface area contributed by atoms with Crippen molar-refractivity contribution in [2.24, 2.45) is 0 Å². The maximum Gasteiger partial charge on any atom is 0.251 e. The number of ether oxygens (including phenoxy) is 2. The van der Waals surface area contributed by atoms with Crippen LogP contribution in [0.5, 0.6) is 11.5 Å². The van der Waals surface area contributed by atoms with Crippen molar-refractivity contribution in [1.29, 1.82) is 0 Å². The fourth-order valence-electron chi connectivity index (χ4n) is 2.25. The van der Waals surface area contributed by atoms with Gasteiger partial charge < -0.3 is 14.8 Å². The van der Waals surface area contributed by atoms with E-state index in [9.17, 15) is 13.2 Å². The number of sulfonamides is 1. The molecule has 8 heteroatoms. The number of nitrogens with zero attached hydrogens (tertiary/aromatic N) is 1. The Morgan fingerprint density at radius 2 is 1.74 bits per heavy atom. The molecule has 0 bridgehead atoms. The average Bonchev–Trinajstić information content (AvgIpc) is 2.66. The SMILES string of the molecule is COc1ccc(OCC(C)NC(=O)c2cccc(S(=O)(=O)N(C)C)c2)cc1. The minimum Gasteiger partial charge on any atom is -0.497 e. The average molecular weight is 392 g/mol. The van der Waals surface area contributed by atoms with Crippen molar-refractivity contribution in [3.8, 4) is 11.5 Å². The Labute approximate surface area is 160 Å². The molecule has 0 heterocycles. The summed E-state index contributed by atoms with van der Waals surface area (Å²) >= 11 is 0. The van der Waals surface area contributed by atoms with E-state index in [4.69, 9.17) is 9.47 Å². The summed E-state index contributed by atoms with van der Waals surface area (Å²) in [7, 11) is 0.885. The second-order valence-electron chi connectivity index (χ2n) is 6.18. The molecule has 27 heavy (non-hydrogen) atoms. The van der Waals surface area contributed by atoms with E-state index in [1.165, 1.54) is 26.2 Å². The van der Waals surface area contributed by atoms with Crippen molar-refractivity contribution in [1.82, 2.24) is 9.62 Å². The normalized spacial score (nSPS) is 12.5. The Morgan fingerprint density at radius 1 is 1.11 bits per heavy atom. The Bertz CT molecular complexity index is 879. The summed E-state index contributed by atoms with van der Waals surface area (Å²) < 4.78 is 36.2. The standard InChI is InChI=1S/C19H24N2O5S/c1-14(13-26-17-10-8-16(25-4)9-11-17)20-19(22)15-6-5-7-18(12-15)27(23,24)21(2)3/h5-12,14H,13H2,1-4H3,(H,20,22). The van der Waals surface area contributed by atoms with Crippen LogP contribution >= 0.6 is 0 Å². The van der Waals surface area contributed by atoms with Crippen LogP contribution in [0.4, 0.5) is 0 Å². The van der Waals surface area contributed by atoms with E-state index in [2.05, 4.69) is 5.32 Å². The molecule has 0 spiro atoms. The quantitative estimate of drug-likeness (QED) is 0.744. The first kappa shape index (κ1) is 20.7. The molecule has 1 atom stereocenters. The van der Waals surface area contributed by atoms with Crippen LogP contribution in [0.1, 0.15) is 17.3 Å².